The highest BCUT2D eigenvalue weighted by molar-refractivity contribution is 6.00. The minimum Gasteiger partial charge on any atom is -0.355 e. The van der Waals surface area contributed by atoms with Crippen LogP contribution in [0.15, 0.2) is 18.2 Å². The highest BCUT2D eigenvalue weighted by atomic mass is 16.2. The quantitative estimate of drug-likeness (QED) is 0.885. The topological polar surface area (TPSA) is 61.4 Å². The molecule has 0 radical (unpaired) electrons. The molecule has 2 N–H and O–H groups in total. The van der Waals surface area contributed by atoms with Crippen molar-refractivity contribution in [2.45, 2.75) is 33.1 Å². The molecule has 2 amide bonds. The summed E-state index contributed by atoms with van der Waals surface area (Å²) in [5.41, 5.74) is 3.21. The first-order valence-electron chi connectivity index (χ1n) is 8.91. The molecule has 0 aliphatic carbocycles. The van der Waals surface area contributed by atoms with Gasteiger partial charge in [-0.25, -0.2) is 0 Å². The van der Waals surface area contributed by atoms with E-state index in [0.29, 0.717) is 25.4 Å². The molecule has 0 aromatic heterocycles. The lowest BCUT2D eigenvalue weighted by molar-refractivity contribution is -0.126. The summed E-state index contributed by atoms with van der Waals surface area (Å²) in [6.45, 7) is 7.31. The fourth-order valence-corrected chi connectivity index (χ4v) is 3.63. The standard InChI is InChI=1S/C19H27N3O2/c1-13-5-3-7-17(14(13)2)22-12-16(9-18(22)23)19(24)21-11-15-6-4-8-20-10-15/h3,5,7,15-16,20H,4,6,8-12H2,1-2H3,(H,21,24). The second-order valence-electron chi connectivity index (χ2n) is 7.08. The number of carbonyl (C=O) groups is 2. The monoisotopic (exact) mass is 329 g/mol. The second kappa shape index (κ2) is 7.34. The van der Waals surface area contributed by atoms with Crippen LogP contribution in [0.1, 0.15) is 30.4 Å². The molecule has 3 rings (SSSR count). The molecule has 2 fully saturated rings. The van der Waals surface area contributed by atoms with Crippen molar-refractivity contribution < 1.29 is 9.59 Å². The smallest absolute Gasteiger partial charge is 0.227 e. The van der Waals surface area contributed by atoms with Crippen LogP contribution < -0.4 is 15.5 Å². The van der Waals surface area contributed by atoms with Gasteiger partial charge < -0.3 is 15.5 Å². The molecule has 0 spiro atoms. The molecule has 130 valence electrons. The zero-order valence-electron chi connectivity index (χ0n) is 14.6. The Balaban J connectivity index is 1.59. The minimum atomic E-state index is -0.242. The van der Waals surface area contributed by atoms with Gasteiger partial charge in [-0.1, -0.05) is 12.1 Å². The summed E-state index contributed by atoms with van der Waals surface area (Å²) in [5.74, 6) is 0.328. The summed E-state index contributed by atoms with van der Waals surface area (Å²) < 4.78 is 0. The van der Waals surface area contributed by atoms with Crippen molar-refractivity contribution in [1.82, 2.24) is 10.6 Å². The molecule has 24 heavy (non-hydrogen) atoms. The molecule has 1 aromatic rings. The van der Waals surface area contributed by atoms with E-state index < -0.39 is 0 Å². The van der Waals surface area contributed by atoms with E-state index in [-0.39, 0.29) is 17.7 Å². The van der Waals surface area contributed by atoms with Crippen molar-refractivity contribution in [1.29, 1.82) is 0 Å². The lowest BCUT2D eigenvalue weighted by Gasteiger charge is -2.23. The van der Waals surface area contributed by atoms with Gasteiger partial charge in [0.15, 0.2) is 0 Å². The lowest BCUT2D eigenvalue weighted by Crippen LogP contribution is -2.40. The van der Waals surface area contributed by atoms with Gasteiger partial charge in [0.25, 0.3) is 0 Å². The highest BCUT2D eigenvalue weighted by Crippen LogP contribution is 2.29. The molecule has 5 nitrogen and oxygen atoms in total. The van der Waals surface area contributed by atoms with Crippen molar-refractivity contribution in [3.63, 3.8) is 0 Å². The first-order chi connectivity index (χ1) is 11.6. The third kappa shape index (κ3) is 3.61. The molecule has 2 aliphatic rings. The Kier molecular flexibility index (Phi) is 5.19. The van der Waals surface area contributed by atoms with Crippen LogP contribution in [-0.4, -0.2) is 38.0 Å². The number of aryl methyl sites for hydroxylation is 1. The predicted molar refractivity (Wildman–Crippen MR) is 95.0 cm³/mol. The van der Waals surface area contributed by atoms with Gasteiger partial charge in [0.1, 0.15) is 0 Å². The van der Waals surface area contributed by atoms with Crippen molar-refractivity contribution >= 4 is 17.5 Å². The number of amides is 2. The highest BCUT2D eigenvalue weighted by Gasteiger charge is 2.35. The van der Waals surface area contributed by atoms with E-state index in [1.165, 1.54) is 6.42 Å². The van der Waals surface area contributed by atoms with E-state index in [1.807, 2.05) is 32.0 Å². The lowest BCUT2D eigenvalue weighted by atomic mass is 9.99. The van der Waals surface area contributed by atoms with Crippen LogP contribution in [0.2, 0.25) is 0 Å². The first kappa shape index (κ1) is 17.0. The maximum atomic E-state index is 12.5. The van der Waals surface area contributed by atoms with Gasteiger partial charge in [0.05, 0.1) is 5.92 Å². The molecule has 2 unspecified atom stereocenters. The molecule has 1 aromatic carbocycles. The predicted octanol–water partition coefficient (Wildman–Crippen LogP) is 1.77. The Labute approximate surface area is 143 Å². The summed E-state index contributed by atoms with van der Waals surface area (Å²) in [5, 5.41) is 6.42. The van der Waals surface area contributed by atoms with Crippen LogP contribution in [-0.2, 0) is 9.59 Å². The maximum Gasteiger partial charge on any atom is 0.227 e. The molecule has 2 aliphatic heterocycles. The third-order valence-corrected chi connectivity index (χ3v) is 5.33. The van der Waals surface area contributed by atoms with Crippen LogP contribution in [0.25, 0.3) is 0 Å². The molecular formula is C19H27N3O2. The number of benzene rings is 1. The SMILES string of the molecule is Cc1cccc(N2CC(C(=O)NCC3CCCNC3)CC2=O)c1C. The van der Waals surface area contributed by atoms with Crippen molar-refractivity contribution in [3.8, 4) is 0 Å². The van der Waals surface area contributed by atoms with Crippen molar-refractivity contribution in [2.24, 2.45) is 11.8 Å². The number of rotatable bonds is 4. The summed E-state index contributed by atoms with van der Waals surface area (Å²) in [4.78, 5) is 26.6. The van der Waals surface area contributed by atoms with Crippen LogP contribution in [0.5, 0.6) is 0 Å². The van der Waals surface area contributed by atoms with Gasteiger partial charge in [0, 0.05) is 25.2 Å². The molecule has 2 atom stereocenters. The first-order valence-corrected chi connectivity index (χ1v) is 8.91. The molecule has 2 saturated heterocycles. The van der Waals surface area contributed by atoms with E-state index in [9.17, 15) is 9.59 Å². The summed E-state index contributed by atoms with van der Waals surface area (Å²) in [6, 6.07) is 5.98. The third-order valence-electron chi connectivity index (χ3n) is 5.33. The fourth-order valence-electron chi connectivity index (χ4n) is 3.63. The van der Waals surface area contributed by atoms with Crippen molar-refractivity contribution in [3.05, 3.63) is 29.3 Å². The van der Waals surface area contributed by atoms with Crippen LogP contribution >= 0.6 is 0 Å². The molecule has 2 heterocycles. The summed E-state index contributed by atoms with van der Waals surface area (Å²) >= 11 is 0. The van der Waals surface area contributed by atoms with E-state index in [1.54, 1.807) is 4.90 Å². The van der Waals surface area contributed by atoms with E-state index in [2.05, 4.69) is 10.6 Å². The average Bonchev–Trinajstić information content (AvgIpc) is 2.98. The number of nitrogens with one attached hydrogen (secondary N) is 2. The summed E-state index contributed by atoms with van der Waals surface area (Å²) in [7, 11) is 0. The minimum absolute atomic E-state index is 0.0155. The Hall–Kier alpha value is -1.88. The van der Waals surface area contributed by atoms with Crippen LogP contribution in [0.3, 0.4) is 0 Å². The second-order valence-corrected chi connectivity index (χ2v) is 7.08. The Bertz CT molecular complexity index is 623. The normalized spacial score (nSPS) is 24.2. The van der Waals surface area contributed by atoms with E-state index in [4.69, 9.17) is 0 Å². The number of piperidine rings is 1. The Morgan fingerprint density at radius 3 is 2.96 bits per heavy atom. The number of anilines is 1. The fraction of sp³-hybridized carbons (Fsp3) is 0.579. The van der Waals surface area contributed by atoms with Gasteiger partial charge >= 0.3 is 0 Å². The van der Waals surface area contributed by atoms with Gasteiger partial charge in [-0.05, 0) is 62.9 Å². The Morgan fingerprint density at radius 2 is 2.21 bits per heavy atom. The number of carbonyl (C=O) groups excluding carboxylic acids is 2. The number of hydrogen-bond acceptors (Lipinski definition) is 3. The average molecular weight is 329 g/mol. The van der Waals surface area contributed by atoms with Gasteiger partial charge in [0.2, 0.25) is 11.8 Å². The van der Waals surface area contributed by atoms with Crippen LogP contribution in [0, 0.1) is 25.7 Å². The zero-order chi connectivity index (χ0) is 17.1. The Morgan fingerprint density at radius 1 is 1.38 bits per heavy atom. The zero-order valence-corrected chi connectivity index (χ0v) is 14.6. The van der Waals surface area contributed by atoms with Crippen LogP contribution in [0.4, 0.5) is 5.69 Å². The van der Waals surface area contributed by atoms with E-state index in [0.717, 1.165) is 36.3 Å². The molecule has 5 heteroatoms. The molecule has 0 bridgehead atoms. The maximum absolute atomic E-state index is 12.5. The van der Waals surface area contributed by atoms with Gasteiger partial charge in [-0.15, -0.1) is 0 Å². The molecular weight excluding hydrogens is 302 g/mol. The number of hydrogen-bond donors (Lipinski definition) is 2. The number of nitrogens with zero attached hydrogens (tertiary/aromatic N) is 1. The van der Waals surface area contributed by atoms with Gasteiger partial charge in [-0.3, -0.25) is 9.59 Å². The van der Waals surface area contributed by atoms with E-state index >= 15 is 0 Å². The van der Waals surface area contributed by atoms with Crippen molar-refractivity contribution in [2.75, 3.05) is 31.1 Å². The molecule has 0 saturated carbocycles. The van der Waals surface area contributed by atoms with Gasteiger partial charge in [-0.2, -0.15) is 0 Å². The summed E-state index contributed by atoms with van der Waals surface area (Å²) in [6.07, 6.45) is 2.64. The largest absolute Gasteiger partial charge is 0.355 e.